The first-order valence-corrected chi connectivity index (χ1v) is 6.42. The topological polar surface area (TPSA) is 68.9 Å². The number of aromatic nitrogens is 1. The van der Waals surface area contributed by atoms with E-state index in [0.29, 0.717) is 11.5 Å². The molecular weight excluding hydrogens is 226 g/mol. The fourth-order valence-electron chi connectivity index (χ4n) is 2.83. The summed E-state index contributed by atoms with van der Waals surface area (Å²) in [5.41, 5.74) is 1.01. The summed E-state index contributed by atoms with van der Waals surface area (Å²) in [4.78, 5) is 4.05. The highest BCUT2D eigenvalue weighted by molar-refractivity contribution is 5.57. The maximum Gasteiger partial charge on any atom is 0.101 e. The Hall–Kier alpha value is -1.60. The molecule has 2 N–H and O–H groups in total. The lowest BCUT2D eigenvalue weighted by Crippen LogP contribution is -2.46. The van der Waals surface area contributed by atoms with Crippen LogP contribution in [-0.4, -0.2) is 22.2 Å². The van der Waals surface area contributed by atoms with E-state index in [0.717, 1.165) is 24.9 Å². The van der Waals surface area contributed by atoms with Crippen molar-refractivity contribution in [3.8, 4) is 6.07 Å². The van der Waals surface area contributed by atoms with Crippen LogP contribution in [0.1, 0.15) is 38.2 Å². The Morgan fingerprint density at radius 1 is 1.67 bits per heavy atom. The summed E-state index contributed by atoms with van der Waals surface area (Å²) in [6.07, 6.45) is 7.46. The quantitative estimate of drug-likeness (QED) is 0.857. The molecular formula is C14H19N3O. The summed E-state index contributed by atoms with van der Waals surface area (Å²) >= 11 is 0. The van der Waals surface area contributed by atoms with Gasteiger partial charge >= 0.3 is 0 Å². The van der Waals surface area contributed by atoms with Crippen molar-refractivity contribution in [1.29, 1.82) is 5.26 Å². The van der Waals surface area contributed by atoms with Crippen molar-refractivity contribution in [3.05, 3.63) is 24.0 Å². The zero-order valence-electron chi connectivity index (χ0n) is 10.7. The minimum Gasteiger partial charge on any atom is -0.394 e. The largest absolute Gasteiger partial charge is 0.394 e. The molecule has 0 bridgehead atoms. The SMILES string of the molecule is CC1CCCC(CO)(Nc2cnccc2C#N)C1. The fraction of sp³-hybridized carbons (Fsp3) is 0.571. The van der Waals surface area contributed by atoms with Crippen molar-refractivity contribution in [3.63, 3.8) is 0 Å². The van der Waals surface area contributed by atoms with Gasteiger partial charge in [-0.2, -0.15) is 5.26 Å². The number of nitrogens with one attached hydrogen (secondary N) is 1. The minimum absolute atomic E-state index is 0.0943. The van der Waals surface area contributed by atoms with Crippen LogP contribution in [0.15, 0.2) is 18.5 Å². The smallest absolute Gasteiger partial charge is 0.101 e. The Bertz CT molecular complexity index is 455. The summed E-state index contributed by atoms with van der Waals surface area (Å²) in [7, 11) is 0. The standard InChI is InChI=1S/C14H19N3O/c1-11-3-2-5-14(7-11,10-18)17-13-9-16-6-4-12(13)8-15/h4,6,9,11,17-18H,2-3,5,7,10H2,1H3. The number of hydrogen-bond donors (Lipinski definition) is 2. The summed E-state index contributed by atoms with van der Waals surface area (Å²) in [6.45, 7) is 2.30. The van der Waals surface area contributed by atoms with E-state index < -0.39 is 0 Å². The van der Waals surface area contributed by atoms with Crippen LogP contribution in [0.5, 0.6) is 0 Å². The molecule has 0 radical (unpaired) electrons. The molecule has 1 heterocycles. The molecule has 0 aromatic carbocycles. The lowest BCUT2D eigenvalue weighted by Gasteiger charge is -2.40. The van der Waals surface area contributed by atoms with Crippen LogP contribution in [0, 0.1) is 17.2 Å². The number of aliphatic hydroxyl groups is 1. The van der Waals surface area contributed by atoms with E-state index in [1.807, 2.05) is 0 Å². The van der Waals surface area contributed by atoms with Crippen molar-refractivity contribution < 1.29 is 5.11 Å². The van der Waals surface area contributed by atoms with Crippen molar-refractivity contribution in [2.24, 2.45) is 5.92 Å². The van der Waals surface area contributed by atoms with Gasteiger partial charge in [-0.15, -0.1) is 0 Å². The third-order valence-electron chi connectivity index (χ3n) is 3.74. The molecule has 0 saturated heterocycles. The van der Waals surface area contributed by atoms with Gasteiger partial charge in [-0.25, -0.2) is 0 Å². The van der Waals surface area contributed by atoms with E-state index in [4.69, 9.17) is 5.26 Å². The zero-order valence-corrected chi connectivity index (χ0v) is 10.7. The van der Waals surface area contributed by atoms with Crippen molar-refractivity contribution >= 4 is 5.69 Å². The van der Waals surface area contributed by atoms with Crippen LogP contribution in [0.2, 0.25) is 0 Å². The van der Waals surface area contributed by atoms with Gasteiger partial charge in [0.2, 0.25) is 0 Å². The minimum atomic E-state index is -0.299. The Morgan fingerprint density at radius 2 is 2.50 bits per heavy atom. The molecule has 1 aliphatic rings. The van der Waals surface area contributed by atoms with Crippen molar-refractivity contribution in [2.75, 3.05) is 11.9 Å². The highest BCUT2D eigenvalue weighted by Gasteiger charge is 2.34. The van der Waals surface area contributed by atoms with Gasteiger partial charge in [-0.05, 0) is 24.8 Å². The van der Waals surface area contributed by atoms with Gasteiger partial charge in [0.25, 0.3) is 0 Å². The molecule has 1 aliphatic carbocycles. The van der Waals surface area contributed by atoms with Crippen LogP contribution in [-0.2, 0) is 0 Å². The van der Waals surface area contributed by atoms with Crippen LogP contribution >= 0.6 is 0 Å². The van der Waals surface area contributed by atoms with Gasteiger partial charge in [0.15, 0.2) is 0 Å². The number of aliphatic hydroxyl groups excluding tert-OH is 1. The lowest BCUT2D eigenvalue weighted by atomic mass is 9.76. The van der Waals surface area contributed by atoms with E-state index in [-0.39, 0.29) is 12.1 Å². The Labute approximate surface area is 108 Å². The van der Waals surface area contributed by atoms with E-state index in [9.17, 15) is 5.11 Å². The highest BCUT2D eigenvalue weighted by Crippen LogP contribution is 2.35. The number of nitriles is 1. The zero-order chi connectivity index (χ0) is 13.0. The molecule has 0 aliphatic heterocycles. The average Bonchev–Trinajstić information content (AvgIpc) is 2.39. The van der Waals surface area contributed by atoms with E-state index >= 15 is 0 Å². The molecule has 0 amide bonds. The number of hydrogen-bond acceptors (Lipinski definition) is 4. The molecule has 2 unspecified atom stereocenters. The summed E-state index contributed by atoms with van der Waals surface area (Å²) in [5.74, 6) is 0.598. The molecule has 1 fully saturated rings. The van der Waals surface area contributed by atoms with Crippen LogP contribution in [0.4, 0.5) is 5.69 Å². The predicted octanol–water partition coefficient (Wildman–Crippen LogP) is 2.31. The lowest BCUT2D eigenvalue weighted by molar-refractivity contribution is 0.149. The molecule has 0 spiro atoms. The molecule has 96 valence electrons. The number of rotatable bonds is 3. The molecule has 18 heavy (non-hydrogen) atoms. The van der Waals surface area contributed by atoms with E-state index in [2.05, 4.69) is 23.3 Å². The maximum absolute atomic E-state index is 9.72. The monoisotopic (exact) mass is 245 g/mol. The Morgan fingerprint density at radius 3 is 3.17 bits per heavy atom. The average molecular weight is 245 g/mol. The van der Waals surface area contributed by atoms with Gasteiger partial charge in [-0.1, -0.05) is 19.8 Å². The van der Waals surface area contributed by atoms with Gasteiger partial charge in [0.1, 0.15) is 6.07 Å². The first kappa shape index (κ1) is 12.8. The number of anilines is 1. The molecule has 1 aromatic rings. The maximum atomic E-state index is 9.72. The molecule has 1 aromatic heterocycles. The van der Waals surface area contributed by atoms with E-state index in [1.165, 1.54) is 6.42 Å². The predicted molar refractivity (Wildman–Crippen MR) is 70.0 cm³/mol. The molecule has 1 saturated carbocycles. The second kappa shape index (κ2) is 5.36. The molecule has 2 atom stereocenters. The molecule has 2 rings (SSSR count). The fourth-order valence-corrected chi connectivity index (χ4v) is 2.83. The van der Waals surface area contributed by atoms with Gasteiger partial charge < -0.3 is 10.4 Å². The third kappa shape index (κ3) is 2.62. The molecule has 4 heteroatoms. The van der Waals surface area contributed by atoms with Crippen LogP contribution < -0.4 is 5.32 Å². The van der Waals surface area contributed by atoms with Gasteiger partial charge in [0, 0.05) is 6.20 Å². The van der Waals surface area contributed by atoms with Gasteiger partial charge in [0.05, 0.1) is 29.6 Å². The van der Waals surface area contributed by atoms with Crippen LogP contribution in [0.3, 0.4) is 0 Å². The first-order chi connectivity index (χ1) is 8.69. The Kier molecular flexibility index (Phi) is 3.83. The second-order valence-corrected chi connectivity index (χ2v) is 5.30. The Balaban J connectivity index is 2.22. The third-order valence-corrected chi connectivity index (χ3v) is 3.74. The van der Waals surface area contributed by atoms with Crippen molar-refractivity contribution in [1.82, 2.24) is 4.98 Å². The van der Waals surface area contributed by atoms with Gasteiger partial charge in [-0.3, -0.25) is 4.98 Å². The highest BCUT2D eigenvalue weighted by atomic mass is 16.3. The number of nitrogens with zero attached hydrogens (tertiary/aromatic N) is 2. The summed E-state index contributed by atoms with van der Waals surface area (Å²) in [5, 5.41) is 22.2. The van der Waals surface area contributed by atoms with Crippen LogP contribution in [0.25, 0.3) is 0 Å². The summed E-state index contributed by atoms with van der Waals surface area (Å²) in [6, 6.07) is 3.85. The first-order valence-electron chi connectivity index (χ1n) is 6.42. The number of pyridine rings is 1. The van der Waals surface area contributed by atoms with Crippen molar-refractivity contribution in [2.45, 2.75) is 38.1 Å². The van der Waals surface area contributed by atoms with E-state index in [1.54, 1.807) is 18.5 Å². The molecule has 4 nitrogen and oxygen atoms in total. The summed E-state index contributed by atoms with van der Waals surface area (Å²) < 4.78 is 0. The normalized spacial score (nSPS) is 27.5. The second-order valence-electron chi connectivity index (χ2n) is 5.30.